The Labute approximate surface area is 109 Å². The summed E-state index contributed by atoms with van der Waals surface area (Å²) in [5.74, 6) is -0.726. The maximum atomic E-state index is 11.4. The zero-order chi connectivity index (χ0) is 13.8. The van der Waals surface area contributed by atoms with Crippen LogP contribution in [0.25, 0.3) is 0 Å². The van der Waals surface area contributed by atoms with E-state index in [4.69, 9.17) is 0 Å². The summed E-state index contributed by atoms with van der Waals surface area (Å²) in [6.45, 7) is 9.20. The molecule has 0 saturated carbocycles. The highest BCUT2D eigenvalue weighted by Gasteiger charge is 2.33. The van der Waals surface area contributed by atoms with Crippen LogP contribution in [0.5, 0.6) is 0 Å². The second-order valence-electron chi connectivity index (χ2n) is 5.07. The third kappa shape index (κ3) is 3.25. The molecule has 100 valence electrons. The molecule has 18 heavy (non-hydrogen) atoms. The van der Waals surface area contributed by atoms with E-state index < -0.39 is 11.4 Å². The Morgan fingerprint density at radius 1 is 1.39 bits per heavy atom. The van der Waals surface area contributed by atoms with Crippen LogP contribution in [0.15, 0.2) is 24.3 Å². The number of aryl methyl sites for hydroxylation is 1. The number of nitrogens with zero attached hydrogens (tertiary/aromatic N) is 1. The van der Waals surface area contributed by atoms with Gasteiger partial charge in [-0.25, -0.2) is 0 Å². The number of anilines is 1. The fraction of sp³-hybridized carbons (Fsp3) is 0.533. The summed E-state index contributed by atoms with van der Waals surface area (Å²) in [5.41, 5.74) is 1.60. The minimum Gasteiger partial charge on any atom is -0.481 e. The molecule has 1 N–H and O–H groups in total. The molecule has 1 aromatic rings. The molecule has 0 bridgehead atoms. The first-order chi connectivity index (χ1) is 8.42. The molecule has 0 spiro atoms. The van der Waals surface area contributed by atoms with E-state index >= 15 is 0 Å². The Morgan fingerprint density at radius 3 is 2.50 bits per heavy atom. The molecular formula is C15H23NO2. The standard InChI is InChI=1S/C15H23NO2/c1-5-15(4,14(17)18)11-16(6-2)13-9-7-8-12(3)10-13/h7-10H,5-6,11H2,1-4H3,(H,17,18). The largest absolute Gasteiger partial charge is 0.481 e. The van der Waals surface area contributed by atoms with E-state index in [1.54, 1.807) is 0 Å². The number of aliphatic carboxylic acids is 1. The topological polar surface area (TPSA) is 40.5 Å². The summed E-state index contributed by atoms with van der Waals surface area (Å²) >= 11 is 0. The first kappa shape index (κ1) is 14.6. The molecule has 0 radical (unpaired) electrons. The number of rotatable bonds is 6. The smallest absolute Gasteiger partial charge is 0.311 e. The molecule has 0 heterocycles. The van der Waals surface area contributed by atoms with Crippen LogP contribution < -0.4 is 4.90 Å². The molecule has 1 aromatic carbocycles. The van der Waals surface area contributed by atoms with Gasteiger partial charge >= 0.3 is 5.97 Å². The van der Waals surface area contributed by atoms with E-state index in [9.17, 15) is 9.90 Å². The number of benzene rings is 1. The van der Waals surface area contributed by atoms with E-state index in [0.717, 1.165) is 12.2 Å². The van der Waals surface area contributed by atoms with Crippen LogP contribution in [-0.2, 0) is 4.79 Å². The minimum atomic E-state index is -0.726. The second-order valence-corrected chi connectivity index (χ2v) is 5.07. The van der Waals surface area contributed by atoms with Crippen molar-refractivity contribution in [2.75, 3.05) is 18.0 Å². The van der Waals surface area contributed by atoms with E-state index in [2.05, 4.69) is 17.9 Å². The van der Waals surface area contributed by atoms with Crippen LogP contribution in [0.2, 0.25) is 0 Å². The van der Waals surface area contributed by atoms with Crippen molar-refractivity contribution in [3.05, 3.63) is 29.8 Å². The van der Waals surface area contributed by atoms with Gasteiger partial charge in [0.05, 0.1) is 5.41 Å². The lowest BCUT2D eigenvalue weighted by Gasteiger charge is -2.32. The van der Waals surface area contributed by atoms with Gasteiger partial charge in [-0.15, -0.1) is 0 Å². The maximum Gasteiger partial charge on any atom is 0.311 e. The van der Waals surface area contributed by atoms with Gasteiger partial charge in [-0.1, -0.05) is 19.1 Å². The highest BCUT2D eigenvalue weighted by atomic mass is 16.4. The van der Waals surface area contributed by atoms with E-state index in [0.29, 0.717) is 13.0 Å². The van der Waals surface area contributed by atoms with Crippen LogP contribution in [0.3, 0.4) is 0 Å². The van der Waals surface area contributed by atoms with Gasteiger partial charge in [-0.2, -0.15) is 0 Å². The first-order valence-electron chi connectivity index (χ1n) is 6.48. The molecule has 3 nitrogen and oxygen atoms in total. The Balaban J connectivity index is 2.94. The molecule has 1 rings (SSSR count). The highest BCUT2D eigenvalue weighted by Crippen LogP contribution is 2.26. The quantitative estimate of drug-likeness (QED) is 0.840. The molecular weight excluding hydrogens is 226 g/mol. The summed E-state index contributed by atoms with van der Waals surface area (Å²) in [6, 6.07) is 8.20. The molecule has 1 unspecified atom stereocenters. The molecule has 0 aliphatic rings. The van der Waals surface area contributed by atoms with Gasteiger partial charge in [0.15, 0.2) is 0 Å². The fourth-order valence-electron chi connectivity index (χ4n) is 1.96. The Hall–Kier alpha value is -1.51. The van der Waals surface area contributed by atoms with Gasteiger partial charge in [0.2, 0.25) is 0 Å². The molecule has 0 aliphatic carbocycles. The van der Waals surface area contributed by atoms with Crippen LogP contribution >= 0.6 is 0 Å². The Kier molecular flexibility index (Phi) is 4.76. The van der Waals surface area contributed by atoms with Crippen LogP contribution in [0.4, 0.5) is 5.69 Å². The molecule has 0 aromatic heterocycles. The van der Waals surface area contributed by atoms with Crippen molar-refractivity contribution in [1.82, 2.24) is 0 Å². The van der Waals surface area contributed by atoms with Gasteiger partial charge < -0.3 is 10.0 Å². The number of hydrogen-bond acceptors (Lipinski definition) is 2. The monoisotopic (exact) mass is 249 g/mol. The van der Waals surface area contributed by atoms with Crippen molar-refractivity contribution in [2.45, 2.75) is 34.1 Å². The number of carboxylic acids is 1. The molecule has 1 atom stereocenters. The molecule has 3 heteroatoms. The van der Waals surface area contributed by atoms with E-state index in [-0.39, 0.29) is 0 Å². The zero-order valence-electron chi connectivity index (χ0n) is 11.7. The minimum absolute atomic E-state index is 0.540. The van der Waals surface area contributed by atoms with Crippen LogP contribution in [0.1, 0.15) is 32.8 Å². The zero-order valence-corrected chi connectivity index (χ0v) is 11.7. The summed E-state index contributed by atoms with van der Waals surface area (Å²) < 4.78 is 0. The summed E-state index contributed by atoms with van der Waals surface area (Å²) in [6.07, 6.45) is 0.630. The van der Waals surface area contributed by atoms with Crippen molar-refractivity contribution in [1.29, 1.82) is 0 Å². The Bertz CT molecular complexity index is 417. The van der Waals surface area contributed by atoms with Crippen LogP contribution in [-0.4, -0.2) is 24.2 Å². The molecule has 0 fully saturated rings. The maximum absolute atomic E-state index is 11.4. The van der Waals surface area contributed by atoms with Gasteiger partial charge in [-0.3, -0.25) is 4.79 Å². The lowest BCUT2D eigenvalue weighted by Crippen LogP contribution is -2.41. The third-order valence-electron chi connectivity index (χ3n) is 3.59. The summed E-state index contributed by atoms with van der Waals surface area (Å²) in [5, 5.41) is 9.35. The highest BCUT2D eigenvalue weighted by molar-refractivity contribution is 5.75. The molecule has 0 saturated heterocycles. The van der Waals surface area contributed by atoms with Crippen molar-refractivity contribution in [2.24, 2.45) is 5.41 Å². The summed E-state index contributed by atoms with van der Waals surface area (Å²) in [4.78, 5) is 13.5. The lowest BCUT2D eigenvalue weighted by atomic mass is 9.87. The van der Waals surface area contributed by atoms with Gasteiger partial charge in [0.25, 0.3) is 0 Å². The second kappa shape index (κ2) is 5.89. The number of hydrogen-bond donors (Lipinski definition) is 1. The SMILES string of the molecule is CCN(CC(C)(CC)C(=O)O)c1cccc(C)c1. The average molecular weight is 249 g/mol. The first-order valence-corrected chi connectivity index (χ1v) is 6.48. The third-order valence-corrected chi connectivity index (χ3v) is 3.59. The molecule has 0 aliphatic heterocycles. The predicted octanol–water partition coefficient (Wildman–Crippen LogP) is 3.32. The van der Waals surface area contributed by atoms with Crippen molar-refractivity contribution >= 4 is 11.7 Å². The predicted molar refractivity (Wildman–Crippen MR) is 75.1 cm³/mol. The molecule has 0 amide bonds. The lowest BCUT2D eigenvalue weighted by molar-refractivity contribution is -0.147. The Morgan fingerprint density at radius 2 is 2.06 bits per heavy atom. The van der Waals surface area contributed by atoms with Crippen molar-refractivity contribution in [3.8, 4) is 0 Å². The van der Waals surface area contributed by atoms with Crippen LogP contribution in [0, 0.1) is 12.3 Å². The fourth-order valence-corrected chi connectivity index (χ4v) is 1.96. The van der Waals surface area contributed by atoms with E-state index in [1.807, 2.05) is 39.0 Å². The van der Waals surface area contributed by atoms with Gasteiger partial charge in [-0.05, 0) is 44.9 Å². The van der Waals surface area contributed by atoms with Gasteiger partial charge in [0, 0.05) is 18.8 Å². The number of carboxylic acid groups (broad SMARTS) is 1. The number of carbonyl (C=O) groups is 1. The normalized spacial score (nSPS) is 14.0. The summed E-state index contributed by atoms with van der Waals surface area (Å²) in [7, 11) is 0. The van der Waals surface area contributed by atoms with Crippen molar-refractivity contribution in [3.63, 3.8) is 0 Å². The van der Waals surface area contributed by atoms with Gasteiger partial charge in [0.1, 0.15) is 0 Å². The average Bonchev–Trinajstić information content (AvgIpc) is 2.35. The van der Waals surface area contributed by atoms with E-state index in [1.165, 1.54) is 5.56 Å². The van der Waals surface area contributed by atoms with Crippen molar-refractivity contribution < 1.29 is 9.90 Å².